The molecule has 2 aliphatic heterocycles. The van der Waals surface area contributed by atoms with Crippen molar-refractivity contribution < 1.29 is 18.3 Å². The molecule has 182 valence electrons. The summed E-state index contributed by atoms with van der Waals surface area (Å²) >= 11 is 0. The molecule has 4 aliphatic rings. The van der Waals surface area contributed by atoms with E-state index in [-0.39, 0.29) is 39.1 Å². The number of rotatable bonds is 1. The van der Waals surface area contributed by atoms with Crippen molar-refractivity contribution >= 4 is 15.7 Å². The van der Waals surface area contributed by atoms with Gasteiger partial charge in [-0.3, -0.25) is 4.79 Å². The second-order valence-electron chi connectivity index (χ2n) is 12.1. The largest absolute Gasteiger partial charge is 0.508 e. The van der Waals surface area contributed by atoms with Gasteiger partial charge in [0.1, 0.15) is 5.75 Å². The number of nitrogens with zero attached hydrogens (tertiary/aromatic N) is 1. The first-order chi connectivity index (χ1) is 15.4. The Morgan fingerprint density at radius 3 is 2.45 bits per heavy atom. The summed E-state index contributed by atoms with van der Waals surface area (Å²) in [5.41, 5.74) is 0.744. The molecular formula is C26H38N2O4S. The average Bonchev–Trinajstić information content (AvgIpc) is 2.74. The van der Waals surface area contributed by atoms with Crippen LogP contribution in [0.15, 0.2) is 17.0 Å². The zero-order valence-electron chi connectivity index (χ0n) is 20.4. The van der Waals surface area contributed by atoms with E-state index in [2.05, 4.69) is 33.0 Å². The number of hydrogen-bond donors (Lipinski definition) is 2. The van der Waals surface area contributed by atoms with E-state index in [1.165, 1.54) is 18.6 Å². The quantitative estimate of drug-likeness (QED) is 0.648. The summed E-state index contributed by atoms with van der Waals surface area (Å²) in [4.78, 5) is 15.7. The molecule has 2 N–H and O–H groups in total. The molecule has 0 radical (unpaired) electrons. The monoisotopic (exact) mass is 474 g/mol. The standard InChI is InChI=1S/C26H38N2O4S/c1-24(2)7-5-8-25(3)20(24)6-9-26(4)21(25)16-33(31,32)19-15-17(29)14-18(22(19)26)23(30)28-12-10-27-11-13-28/h14-15,20-21,27,29H,5-13,16H2,1-4H3/t20-,21+,25-,26+/m0/s1. The maximum absolute atomic E-state index is 13.7. The van der Waals surface area contributed by atoms with Crippen molar-refractivity contribution in [3.8, 4) is 5.75 Å². The number of carbonyl (C=O) groups is 1. The third kappa shape index (κ3) is 3.36. The van der Waals surface area contributed by atoms with Crippen LogP contribution in [-0.4, -0.2) is 56.3 Å². The molecule has 1 amide bonds. The number of phenolic OH excluding ortho intramolecular Hbond substituents is 1. The Labute approximate surface area is 198 Å². The lowest BCUT2D eigenvalue weighted by molar-refractivity contribution is -0.0982. The molecule has 33 heavy (non-hydrogen) atoms. The molecule has 0 unspecified atom stereocenters. The average molecular weight is 475 g/mol. The summed E-state index contributed by atoms with van der Waals surface area (Å²) in [7, 11) is -3.63. The Morgan fingerprint density at radius 1 is 1.06 bits per heavy atom. The van der Waals surface area contributed by atoms with Gasteiger partial charge in [0.25, 0.3) is 5.91 Å². The van der Waals surface area contributed by atoms with Crippen LogP contribution in [0.5, 0.6) is 5.75 Å². The van der Waals surface area contributed by atoms with Gasteiger partial charge in [-0.2, -0.15) is 0 Å². The fraction of sp³-hybridized carbons (Fsp3) is 0.731. The minimum atomic E-state index is -3.63. The highest BCUT2D eigenvalue weighted by atomic mass is 32.2. The highest BCUT2D eigenvalue weighted by Gasteiger charge is 2.62. The topological polar surface area (TPSA) is 86.7 Å². The van der Waals surface area contributed by atoms with Gasteiger partial charge in [-0.15, -0.1) is 0 Å². The van der Waals surface area contributed by atoms with E-state index >= 15 is 0 Å². The minimum Gasteiger partial charge on any atom is -0.508 e. The van der Waals surface area contributed by atoms with E-state index in [1.807, 2.05) is 0 Å². The van der Waals surface area contributed by atoms with Gasteiger partial charge in [0.2, 0.25) is 0 Å². The molecule has 4 atom stereocenters. The van der Waals surface area contributed by atoms with Crippen molar-refractivity contribution in [1.29, 1.82) is 0 Å². The number of piperazine rings is 1. The fourth-order valence-electron chi connectivity index (χ4n) is 8.27. The highest BCUT2D eigenvalue weighted by molar-refractivity contribution is 7.91. The number of carbonyl (C=O) groups excluding carboxylic acids is 1. The third-order valence-electron chi connectivity index (χ3n) is 9.81. The van der Waals surface area contributed by atoms with Crippen LogP contribution < -0.4 is 5.32 Å². The maximum Gasteiger partial charge on any atom is 0.254 e. The molecule has 1 aromatic carbocycles. The first-order valence-electron chi connectivity index (χ1n) is 12.5. The normalized spacial score (nSPS) is 36.9. The van der Waals surface area contributed by atoms with Gasteiger partial charge in [-0.05, 0) is 71.5 Å². The second kappa shape index (κ2) is 7.45. The number of amides is 1. The number of nitrogens with one attached hydrogen (secondary N) is 1. The molecule has 0 bridgehead atoms. The van der Waals surface area contributed by atoms with Crippen molar-refractivity contribution in [2.45, 2.75) is 70.1 Å². The van der Waals surface area contributed by atoms with Gasteiger partial charge in [-0.25, -0.2) is 8.42 Å². The van der Waals surface area contributed by atoms with Crippen LogP contribution in [0.1, 0.15) is 75.7 Å². The lowest BCUT2D eigenvalue weighted by Crippen LogP contribution is -2.60. The summed E-state index contributed by atoms with van der Waals surface area (Å²) in [5, 5.41) is 13.8. The van der Waals surface area contributed by atoms with Crippen molar-refractivity contribution in [3.05, 3.63) is 23.3 Å². The Bertz CT molecular complexity index is 1090. The molecule has 3 fully saturated rings. The Kier molecular flexibility index (Phi) is 5.23. The van der Waals surface area contributed by atoms with Crippen molar-refractivity contribution in [2.75, 3.05) is 31.9 Å². The van der Waals surface area contributed by atoms with Crippen LogP contribution in [0.2, 0.25) is 0 Å². The van der Waals surface area contributed by atoms with Crippen LogP contribution >= 0.6 is 0 Å². The predicted octanol–water partition coefficient (Wildman–Crippen LogP) is 3.73. The van der Waals surface area contributed by atoms with E-state index in [4.69, 9.17) is 0 Å². The van der Waals surface area contributed by atoms with Crippen molar-refractivity contribution in [1.82, 2.24) is 10.2 Å². The van der Waals surface area contributed by atoms with E-state index in [0.29, 0.717) is 30.1 Å². The van der Waals surface area contributed by atoms with E-state index < -0.39 is 15.3 Å². The summed E-state index contributed by atoms with van der Waals surface area (Å²) in [5.74, 6) is 0.232. The Morgan fingerprint density at radius 2 is 1.76 bits per heavy atom. The number of fused-ring (bicyclic) bond motifs is 5. The molecule has 0 spiro atoms. The lowest BCUT2D eigenvalue weighted by Gasteiger charge is -2.64. The van der Waals surface area contributed by atoms with E-state index in [1.54, 1.807) is 4.90 Å². The molecule has 5 rings (SSSR count). The van der Waals surface area contributed by atoms with E-state index in [9.17, 15) is 18.3 Å². The van der Waals surface area contributed by atoms with Gasteiger partial charge < -0.3 is 15.3 Å². The second-order valence-corrected chi connectivity index (χ2v) is 14.1. The molecule has 2 heterocycles. The molecule has 2 saturated carbocycles. The number of hydrogen-bond acceptors (Lipinski definition) is 5. The smallest absolute Gasteiger partial charge is 0.254 e. The van der Waals surface area contributed by atoms with Crippen molar-refractivity contribution in [2.24, 2.45) is 22.7 Å². The van der Waals surface area contributed by atoms with Crippen LogP contribution in [0.25, 0.3) is 0 Å². The summed E-state index contributed by atoms with van der Waals surface area (Å²) in [6, 6.07) is 2.91. The summed E-state index contributed by atoms with van der Waals surface area (Å²) < 4.78 is 27.4. The van der Waals surface area contributed by atoms with Gasteiger partial charge in [0.05, 0.1) is 10.6 Å². The molecule has 7 heteroatoms. The van der Waals surface area contributed by atoms with Gasteiger partial charge in [0.15, 0.2) is 9.84 Å². The molecule has 6 nitrogen and oxygen atoms in total. The molecule has 0 aromatic heterocycles. The molecule has 1 saturated heterocycles. The molecule has 2 aliphatic carbocycles. The van der Waals surface area contributed by atoms with Crippen LogP contribution in [0.3, 0.4) is 0 Å². The Hall–Kier alpha value is -1.60. The predicted molar refractivity (Wildman–Crippen MR) is 128 cm³/mol. The fourth-order valence-corrected chi connectivity index (χ4v) is 10.6. The van der Waals surface area contributed by atoms with Crippen molar-refractivity contribution in [3.63, 3.8) is 0 Å². The number of aromatic hydroxyl groups is 1. The van der Waals surface area contributed by atoms with Crippen LogP contribution in [0, 0.1) is 22.7 Å². The number of benzene rings is 1. The zero-order valence-corrected chi connectivity index (χ0v) is 21.2. The Balaban J connectivity index is 1.70. The van der Waals surface area contributed by atoms with Gasteiger partial charge in [0, 0.05) is 31.7 Å². The summed E-state index contributed by atoms with van der Waals surface area (Å²) in [6.45, 7) is 11.8. The SMILES string of the molecule is CC1(C)CCC[C@]2(C)[C@H]3CS(=O)(=O)c4cc(O)cc(C(=O)N5CCNCC5)c4[C@]3(C)CC[C@@H]12. The number of phenols is 1. The first kappa shape index (κ1) is 23.2. The van der Waals surface area contributed by atoms with Gasteiger partial charge in [-0.1, -0.05) is 34.1 Å². The van der Waals surface area contributed by atoms with Crippen LogP contribution in [0.4, 0.5) is 0 Å². The van der Waals surface area contributed by atoms with Crippen LogP contribution in [-0.2, 0) is 15.3 Å². The highest BCUT2D eigenvalue weighted by Crippen LogP contribution is 2.67. The van der Waals surface area contributed by atoms with Gasteiger partial charge >= 0.3 is 0 Å². The molecule has 1 aromatic rings. The lowest BCUT2D eigenvalue weighted by atomic mass is 9.42. The van der Waals surface area contributed by atoms with E-state index in [0.717, 1.165) is 38.8 Å². The number of sulfone groups is 1. The summed E-state index contributed by atoms with van der Waals surface area (Å²) in [6.07, 6.45) is 5.24. The zero-order chi connectivity index (χ0) is 23.8. The maximum atomic E-state index is 13.7. The third-order valence-corrected chi connectivity index (χ3v) is 11.6. The first-order valence-corrected chi connectivity index (χ1v) is 14.2. The molecular weight excluding hydrogens is 436 g/mol. The minimum absolute atomic E-state index is 0.0417.